The molecule has 0 amide bonds. The third-order valence-electron chi connectivity index (χ3n) is 15.6. The quantitative estimate of drug-likeness (QED) is 0.00691. The molecule has 0 fully saturated rings. The van der Waals surface area contributed by atoms with Crippen LogP contribution in [0.25, 0.3) is 28.0 Å². The van der Waals surface area contributed by atoms with E-state index >= 15 is 0 Å². The molecule has 0 saturated heterocycles. The number of phenolic OH excluding ortho intramolecular Hbond substituents is 2. The third-order valence-corrected chi connectivity index (χ3v) is 15.9. The number of phenols is 2. The van der Waals surface area contributed by atoms with Gasteiger partial charge in [-0.3, -0.25) is 28.8 Å². The standard InChI is InChI=1S/C21H20O4.2C17H15FO3.C17H14O3.C14H12O3.C5H8O2.C3H4ClF.CH2O3.CH2O2.2K.H2.H/c1-3-23-20(22)12-10-17-9-11-19(18-13-15(2)25-21(17)18)24-14-16-7-5-4-6-8-16;1-13(18)11-21-17-9-16(8-7-15(17)10-19)20-12-14-5-3-2-4-6-14;1-12(18)9-15-16(8-7-14(10-19)17(15)20)21-11-13-5-3-2-4-6-13;1-12-9-15-16(8-7-14(10-18)17(15)20-12)19-11-13-5-3-2-4-6-13;15-9-12-6-7-13(8-14(12)16)17-10-11-4-2-1-3-5-11;1-3-5(6)7-4-2;1-3(5)2-4;2-1-4-3;2-1-3;;;;/h4-13H,3,14H2,1-2H3;2-10H,1,11-12H2;2-8,10,20H,1,9,11H2;2-10H,11H2,1H3;1-9,16H,10H2;3H,1,4H2,2H3;1-2H2;1,3H;1H,(H,2,3);;;1H;/q;;;;;;;;;2*+1;;-1/p-1/b12-10+;;;;;;;;;;;;. The van der Waals surface area contributed by atoms with Crippen LogP contribution in [0.2, 0.25) is 0 Å². The van der Waals surface area contributed by atoms with E-state index in [0.717, 1.165) is 79.5 Å². The number of ether oxygens (including phenoxy) is 8. The minimum atomic E-state index is -0.613. The second kappa shape index (κ2) is 64.1. The first-order chi connectivity index (χ1) is 59.4. The van der Waals surface area contributed by atoms with Crippen LogP contribution < -0.4 is 136 Å². The maximum atomic E-state index is 13.1. The summed E-state index contributed by atoms with van der Waals surface area (Å²) in [7, 11) is 0. The molecule has 23 nitrogen and oxygen atoms in total. The van der Waals surface area contributed by atoms with E-state index in [0.29, 0.717) is 98.0 Å². The second-order valence-corrected chi connectivity index (χ2v) is 25.0. The van der Waals surface area contributed by atoms with Gasteiger partial charge in [-0.25, -0.2) is 22.8 Å². The Hall–Kier alpha value is -11.7. The van der Waals surface area contributed by atoms with Crippen molar-refractivity contribution in [3.63, 3.8) is 0 Å². The minimum absolute atomic E-state index is 0. The number of halogens is 4. The summed E-state index contributed by atoms with van der Waals surface area (Å²) in [5, 5.41) is 36.5. The zero-order chi connectivity index (χ0) is 90.1. The fourth-order valence-electron chi connectivity index (χ4n) is 10.1. The molecule has 12 aromatic rings. The molecule has 646 valence electrons. The molecule has 2 heterocycles. The molecule has 0 aliphatic heterocycles. The number of aldehydes is 4. The maximum absolute atomic E-state index is 13.1. The Bertz CT molecular complexity index is 5360. The Morgan fingerprint density at radius 1 is 0.464 bits per heavy atom. The van der Waals surface area contributed by atoms with Crippen molar-refractivity contribution in [1.82, 2.24) is 0 Å². The Kier molecular flexibility index (Phi) is 56.0. The Morgan fingerprint density at radius 2 is 0.816 bits per heavy atom. The number of rotatable bonds is 31. The fraction of sp³-hybridized carbons (Fsp3) is 0.146. The van der Waals surface area contributed by atoms with Crippen molar-refractivity contribution in [3.05, 3.63) is 365 Å². The number of hydrogen-bond acceptors (Lipinski definition) is 22. The van der Waals surface area contributed by atoms with Crippen LogP contribution in [0, 0.1) is 13.8 Å². The number of aromatic hydroxyl groups is 2. The molecule has 0 aliphatic rings. The second-order valence-electron chi connectivity index (χ2n) is 24.7. The topological polar surface area (TPSA) is 330 Å². The van der Waals surface area contributed by atoms with Gasteiger partial charge in [0.2, 0.25) is 0 Å². The van der Waals surface area contributed by atoms with Gasteiger partial charge in [-0.1, -0.05) is 178 Å². The van der Waals surface area contributed by atoms with Crippen molar-refractivity contribution in [1.29, 1.82) is 0 Å². The van der Waals surface area contributed by atoms with E-state index in [1.54, 1.807) is 56.3 Å². The average molecular weight is 1790 g/mol. The fourth-order valence-corrected chi connectivity index (χ4v) is 10.1. The molecule has 125 heavy (non-hydrogen) atoms. The number of carbonyl (C=O) groups is 8. The van der Waals surface area contributed by atoms with Crippen LogP contribution in [0.15, 0.2) is 301 Å². The number of hydrogen-bond donors (Lipinski definition) is 3. The van der Waals surface area contributed by atoms with Crippen LogP contribution in [-0.2, 0) is 73.0 Å². The van der Waals surface area contributed by atoms with Gasteiger partial charge in [-0.2, -0.15) is 0 Å². The van der Waals surface area contributed by atoms with Gasteiger partial charge < -0.3 is 73.6 Å². The first-order valence-electron chi connectivity index (χ1n) is 37.1. The van der Waals surface area contributed by atoms with Crippen molar-refractivity contribution in [2.24, 2.45) is 0 Å². The normalized spacial score (nSPS) is 9.64. The molecule has 0 unspecified atom stereocenters. The average Bonchev–Trinajstić information content (AvgIpc) is 1.71. The van der Waals surface area contributed by atoms with Crippen LogP contribution >= 0.6 is 11.6 Å². The van der Waals surface area contributed by atoms with Gasteiger partial charge in [0.05, 0.1) is 57.9 Å². The molecule has 2 aromatic heterocycles. The Labute approximate surface area is 814 Å². The number of aryl methyl sites for hydroxylation is 2. The number of fused-ring (bicyclic) bond motifs is 2. The third kappa shape index (κ3) is 42.5. The van der Waals surface area contributed by atoms with Gasteiger partial charge in [0.1, 0.15) is 120 Å². The molecule has 29 heteroatoms. The first-order valence-corrected chi connectivity index (χ1v) is 37.6. The summed E-state index contributed by atoms with van der Waals surface area (Å²) in [6.45, 7) is 21.8. The summed E-state index contributed by atoms with van der Waals surface area (Å²) in [6, 6.07) is 72.4. The Morgan fingerprint density at radius 3 is 1.18 bits per heavy atom. The van der Waals surface area contributed by atoms with Gasteiger partial charge in [0.15, 0.2) is 25.1 Å². The van der Waals surface area contributed by atoms with E-state index in [1.807, 2.05) is 196 Å². The van der Waals surface area contributed by atoms with Crippen LogP contribution in [0.1, 0.15) is 109 Å². The van der Waals surface area contributed by atoms with Crippen LogP contribution in [0.4, 0.5) is 13.2 Å². The molecule has 0 aliphatic carbocycles. The van der Waals surface area contributed by atoms with E-state index < -0.39 is 17.5 Å². The summed E-state index contributed by atoms with van der Waals surface area (Å²) < 4.78 is 91.3. The SMILES string of the molecule is C=C(F)CCl.C=C(F)COc1cc(OCc2ccccc2)ccc1C=O.C=C(F)Cc1c(OCc2ccccc2)ccc(C=O)c1O.C=CC(=O)OCC.CCOC(=O)/C=C/c1ccc(OCc2ccccc2)c2cc(C)oc12.Cc1cc2c(OCc3ccccc3)ccc(C=O)c2o1.O=CO.O=CO[O-].O=Cc1ccc(OCc2ccccc2)cc1O.[H-].[HH].[K+].[K+]. The number of allylic oxidation sites excluding steroid dienone is 2. The molecule has 0 saturated carbocycles. The summed E-state index contributed by atoms with van der Waals surface area (Å²) in [5.41, 5.74) is 8.77. The van der Waals surface area contributed by atoms with Crippen molar-refractivity contribution in [3.8, 4) is 46.0 Å². The summed E-state index contributed by atoms with van der Waals surface area (Å²) in [5.74, 6) is 1.87. The van der Waals surface area contributed by atoms with Crippen molar-refractivity contribution in [2.45, 2.75) is 67.2 Å². The van der Waals surface area contributed by atoms with Gasteiger partial charge in [0, 0.05) is 43.3 Å². The summed E-state index contributed by atoms with van der Waals surface area (Å²) >= 11 is 4.86. The van der Waals surface area contributed by atoms with Crippen molar-refractivity contribution >= 4 is 89.6 Å². The van der Waals surface area contributed by atoms with Crippen LogP contribution in [-0.4, -0.2) is 91.0 Å². The van der Waals surface area contributed by atoms with Crippen LogP contribution in [0.5, 0.6) is 46.0 Å². The van der Waals surface area contributed by atoms with E-state index in [4.69, 9.17) is 73.5 Å². The van der Waals surface area contributed by atoms with Gasteiger partial charge >= 0.3 is 115 Å². The molecule has 3 N–H and O–H groups in total. The van der Waals surface area contributed by atoms with Gasteiger partial charge in [-0.15, -0.1) is 11.6 Å². The molecular formula is C96H94ClF3K2O23. The molecule has 0 radical (unpaired) electrons. The first kappa shape index (κ1) is 109. The zero-order valence-electron chi connectivity index (χ0n) is 70.6. The van der Waals surface area contributed by atoms with E-state index in [-0.39, 0.29) is 190 Å². The number of furan rings is 2. The molecule has 0 atom stereocenters. The number of esters is 2. The molecule has 12 rings (SSSR count). The largest absolute Gasteiger partial charge is 1.00 e. The number of benzene rings is 10. The predicted octanol–water partition coefficient (Wildman–Crippen LogP) is 14.5. The molecule has 0 spiro atoms. The zero-order valence-corrected chi connectivity index (χ0v) is 76.6. The van der Waals surface area contributed by atoms with E-state index in [1.165, 1.54) is 24.3 Å². The van der Waals surface area contributed by atoms with E-state index in [9.17, 15) is 52.2 Å². The Balaban J connectivity index is 0.00000148. The predicted molar refractivity (Wildman–Crippen MR) is 462 cm³/mol. The number of alkyl halides is 1. The van der Waals surface area contributed by atoms with Crippen LogP contribution in [0.3, 0.4) is 0 Å². The van der Waals surface area contributed by atoms with Gasteiger partial charge in [-0.05, 0) is 134 Å². The molecule has 0 bridgehead atoms. The van der Waals surface area contributed by atoms with E-state index in [2.05, 4.69) is 35.9 Å². The minimum Gasteiger partial charge on any atom is -1.00 e. The summed E-state index contributed by atoms with van der Waals surface area (Å²) in [4.78, 5) is 84.5. The van der Waals surface area contributed by atoms with Crippen molar-refractivity contribution in [2.75, 3.05) is 25.7 Å². The van der Waals surface area contributed by atoms with Crippen molar-refractivity contribution < 1.29 is 229 Å². The maximum Gasteiger partial charge on any atom is 1.00 e. The molecular weight excluding hydrogens is 1690 g/mol. The summed E-state index contributed by atoms with van der Waals surface area (Å²) in [6.07, 6.45) is 6.62. The van der Waals surface area contributed by atoms with Gasteiger partial charge in [0.25, 0.3) is 12.9 Å². The monoisotopic (exact) mass is 1780 g/mol. The molecule has 10 aromatic carbocycles. The number of carbonyl (C=O) groups excluding carboxylic acids is 7. The smallest absolute Gasteiger partial charge is 1.00 e. The number of carboxylic acid groups (broad SMARTS) is 1.